The highest BCUT2D eigenvalue weighted by molar-refractivity contribution is 5.73. The number of nitrogens with zero attached hydrogens (tertiary/aromatic N) is 1. The quantitative estimate of drug-likeness (QED) is 0.717. The molecule has 1 heterocycles. The normalized spacial score (nSPS) is 20.7. The maximum Gasteiger partial charge on any atom is 0.490 e. The van der Waals surface area contributed by atoms with Crippen LogP contribution in [0.1, 0.15) is 39.0 Å². The topological polar surface area (TPSA) is 89.9 Å². The van der Waals surface area contributed by atoms with Gasteiger partial charge in [0.05, 0.1) is 5.60 Å². The summed E-state index contributed by atoms with van der Waals surface area (Å²) in [6, 6.07) is 0.323. The molecule has 0 spiro atoms. The van der Waals surface area contributed by atoms with Crippen LogP contribution in [0, 0.1) is 0 Å². The zero-order chi connectivity index (χ0) is 17.7. The number of carbonyl (C=O) groups excluding carboxylic acids is 1. The Morgan fingerprint density at radius 1 is 1.26 bits per heavy atom. The SMILES string of the molecule is CC(=O)N(CC1(O)CCC1)C1CCNCC1.O=C(O)C(F)(F)F. The van der Waals surface area contributed by atoms with E-state index in [1.807, 2.05) is 4.90 Å². The lowest BCUT2D eigenvalue weighted by Gasteiger charge is -2.44. The van der Waals surface area contributed by atoms with Gasteiger partial charge in [0.1, 0.15) is 0 Å². The summed E-state index contributed by atoms with van der Waals surface area (Å²) in [7, 11) is 0. The average Bonchev–Trinajstić information content (AvgIpc) is 2.43. The molecule has 6 nitrogen and oxygen atoms in total. The minimum atomic E-state index is -5.08. The van der Waals surface area contributed by atoms with Crippen molar-refractivity contribution in [3.63, 3.8) is 0 Å². The van der Waals surface area contributed by atoms with Gasteiger partial charge in [-0.25, -0.2) is 4.79 Å². The number of hydrogen-bond donors (Lipinski definition) is 3. The van der Waals surface area contributed by atoms with E-state index in [1.165, 1.54) is 0 Å². The third kappa shape index (κ3) is 6.34. The minimum absolute atomic E-state index is 0.104. The smallest absolute Gasteiger partial charge is 0.475 e. The number of nitrogens with one attached hydrogen (secondary N) is 1. The Kier molecular flexibility index (Phi) is 6.82. The number of amides is 1. The number of carboxylic acids is 1. The van der Waals surface area contributed by atoms with E-state index < -0.39 is 17.7 Å². The van der Waals surface area contributed by atoms with E-state index in [0.29, 0.717) is 12.6 Å². The minimum Gasteiger partial charge on any atom is -0.475 e. The summed E-state index contributed by atoms with van der Waals surface area (Å²) < 4.78 is 31.7. The van der Waals surface area contributed by atoms with Crippen LogP contribution in [-0.4, -0.2) is 64.4 Å². The zero-order valence-electron chi connectivity index (χ0n) is 13.0. The standard InChI is InChI=1S/C12H22N2O2.C2HF3O2/c1-10(15)14(9-12(16)5-2-6-12)11-3-7-13-8-4-11;3-2(4,5)1(6)7/h11,13,16H,2-9H2,1H3;(H,6,7). The maximum absolute atomic E-state index is 11.7. The van der Waals surface area contributed by atoms with E-state index in [-0.39, 0.29) is 5.91 Å². The number of carbonyl (C=O) groups is 2. The fourth-order valence-corrected chi connectivity index (χ4v) is 2.68. The molecule has 1 amide bonds. The molecule has 0 aromatic heterocycles. The molecule has 2 fully saturated rings. The number of alkyl halides is 3. The molecule has 0 unspecified atom stereocenters. The molecule has 1 saturated heterocycles. The summed E-state index contributed by atoms with van der Waals surface area (Å²) in [6.07, 6.45) is -0.275. The van der Waals surface area contributed by atoms with Gasteiger partial charge in [-0.1, -0.05) is 0 Å². The molecule has 1 aliphatic carbocycles. The highest BCUT2D eigenvalue weighted by Gasteiger charge is 2.39. The van der Waals surface area contributed by atoms with Gasteiger partial charge < -0.3 is 20.4 Å². The predicted molar refractivity (Wildman–Crippen MR) is 75.8 cm³/mol. The van der Waals surface area contributed by atoms with Gasteiger partial charge in [-0.15, -0.1) is 0 Å². The summed E-state index contributed by atoms with van der Waals surface area (Å²) in [6.45, 7) is 4.11. The maximum atomic E-state index is 11.7. The molecule has 0 aromatic carbocycles. The summed E-state index contributed by atoms with van der Waals surface area (Å²) in [5.74, 6) is -2.65. The van der Waals surface area contributed by atoms with Crippen LogP contribution in [0.25, 0.3) is 0 Å². The summed E-state index contributed by atoms with van der Waals surface area (Å²) in [5, 5.41) is 20.6. The Labute approximate surface area is 132 Å². The van der Waals surface area contributed by atoms with E-state index in [2.05, 4.69) is 5.32 Å². The van der Waals surface area contributed by atoms with E-state index >= 15 is 0 Å². The Hall–Kier alpha value is -1.35. The summed E-state index contributed by atoms with van der Waals surface area (Å²) in [4.78, 5) is 22.4. The van der Waals surface area contributed by atoms with Crippen LogP contribution in [0.15, 0.2) is 0 Å². The first-order valence-corrected chi connectivity index (χ1v) is 7.55. The third-order valence-electron chi connectivity index (χ3n) is 4.15. The highest BCUT2D eigenvalue weighted by Crippen LogP contribution is 2.33. The predicted octanol–water partition coefficient (Wildman–Crippen LogP) is 1.14. The molecule has 1 saturated carbocycles. The van der Waals surface area contributed by atoms with Gasteiger partial charge in [0.15, 0.2) is 0 Å². The first-order chi connectivity index (χ1) is 10.6. The van der Waals surface area contributed by atoms with Crippen LogP contribution in [-0.2, 0) is 9.59 Å². The van der Waals surface area contributed by atoms with E-state index in [1.54, 1.807) is 6.92 Å². The number of halogens is 3. The molecule has 2 aliphatic rings. The van der Waals surface area contributed by atoms with Gasteiger partial charge in [0, 0.05) is 19.5 Å². The van der Waals surface area contributed by atoms with Crippen molar-refractivity contribution in [3.8, 4) is 0 Å². The average molecular weight is 340 g/mol. The molecule has 134 valence electrons. The van der Waals surface area contributed by atoms with Crippen LogP contribution in [0.4, 0.5) is 13.2 Å². The molecule has 1 aliphatic heterocycles. The Morgan fingerprint density at radius 2 is 1.74 bits per heavy atom. The number of aliphatic carboxylic acids is 1. The Bertz CT molecular complexity index is 419. The Balaban J connectivity index is 0.000000322. The zero-order valence-corrected chi connectivity index (χ0v) is 13.0. The van der Waals surface area contributed by atoms with Crippen molar-refractivity contribution in [2.75, 3.05) is 19.6 Å². The molecular weight excluding hydrogens is 317 g/mol. The Morgan fingerprint density at radius 3 is 2.04 bits per heavy atom. The molecule has 0 aromatic rings. The largest absolute Gasteiger partial charge is 0.490 e. The lowest BCUT2D eigenvalue weighted by Crippen LogP contribution is -2.54. The number of piperidine rings is 1. The van der Waals surface area contributed by atoms with Gasteiger partial charge in [-0.2, -0.15) is 13.2 Å². The van der Waals surface area contributed by atoms with Crippen LogP contribution < -0.4 is 5.32 Å². The van der Waals surface area contributed by atoms with Crippen molar-refractivity contribution >= 4 is 11.9 Å². The molecule has 2 rings (SSSR count). The van der Waals surface area contributed by atoms with Crippen molar-refractivity contribution in [1.29, 1.82) is 0 Å². The van der Waals surface area contributed by atoms with Gasteiger partial charge in [0.25, 0.3) is 0 Å². The van der Waals surface area contributed by atoms with Crippen molar-refractivity contribution < 1.29 is 33.0 Å². The second kappa shape index (κ2) is 7.96. The van der Waals surface area contributed by atoms with Crippen LogP contribution in [0.5, 0.6) is 0 Å². The summed E-state index contributed by atoms with van der Waals surface area (Å²) in [5.41, 5.74) is -0.587. The molecule has 23 heavy (non-hydrogen) atoms. The second-order valence-corrected chi connectivity index (χ2v) is 6.01. The third-order valence-corrected chi connectivity index (χ3v) is 4.15. The summed E-state index contributed by atoms with van der Waals surface area (Å²) >= 11 is 0. The van der Waals surface area contributed by atoms with Crippen LogP contribution >= 0.6 is 0 Å². The van der Waals surface area contributed by atoms with Crippen LogP contribution in [0.2, 0.25) is 0 Å². The molecule has 3 N–H and O–H groups in total. The van der Waals surface area contributed by atoms with Crippen molar-refractivity contribution in [1.82, 2.24) is 10.2 Å². The van der Waals surface area contributed by atoms with E-state index in [0.717, 1.165) is 45.2 Å². The van der Waals surface area contributed by atoms with Crippen molar-refractivity contribution in [3.05, 3.63) is 0 Å². The highest BCUT2D eigenvalue weighted by atomic mass is 19.4. The lowest BCUT2D eigenvalue weighted by molar-refractivity contribution is -0.192. The van der Waals surface area contributed by atoms with Gasteiger partial charge in [-0.3, -0.25) is 4.79 Å². The molecule has 0 bridgehead atoms. The lowest BCUT2D eigenvalue weighted by atomic mass is 9.79. The molecular formula is C14H23F3N2O4. The fourth-order valence-electron chi connectivity index (χ4n) is 2.68. The van der Waals surface area contributed by atoms with Crippen LogP contribution in [0.3, 0.4) is 0 Å². The van der Waals surface area contributed by atoms with Crippen molar-refractivity contribution in [2.24, 2.45) is 0 Å². The van der Waals surface area contributed by atoms with Crippen molar-refractivity contribution in [2.45, 2.75) is 56.8 Å². The van der Waals surface area contributed by atoms with Gasteiger partial charge >= 0.3 is 12.1 Å². The molecule has 0 radical (unpaired) electrons. The number of hydrogen-bond acceptors (Lipinski definition) is 4. The second-order valence-electron chi connectivity index (χ2n) is 6.01. The first kappa shape index (κ1) is 19.7. The fraction of sp³-hybridized carbons (Fsp3) is 0.857. The van der Waals surface area contributed by atoms with Gasteiger partial charge in [-0.05, 0) is 45.2 Å². The van der Waals surface area contributed by atoms with E-state index in [9.17, 15) is 23.1 Å². The van der Waals surface area contributed by atoms with E-state index in [4.69, 9.17) is 9.90 Å². The monoisotopic (exact) mass is 340 g/mol. The van der Waals surface area contributed by atoms with Gasteiger partial charge in [0.2, 0.25) is 5.91 Å². The number of aliphatic hydroxyl groups is 1. The number of rotatable bonds is 3. The molecule has 0 atom stereocenters. The number of carboxylic acid groups (broad SMARTS) is 1. The molecule has 9 heteroatoms. The first-order valence-electron chi connectivity index (χ1n) is 7.55.